The van der Waals surface area contributed by atoms with E-state index in [4.69, 9.17) is 47.4 Å². The van der Waals surface area contributed by atoms with Crippen LogP contribution in [0.4, 0.5) is 0 Å². The van der Waals surface area contributed by atoms with Crippen LogP contribution in [0.5, 0.6) is 0 Å². The standard InChI is InChI=1S/C45H86N4O15.C42H73NO5.C14H26.C12H22/c1-5-8-15-44(55)64-28-23-49(22-27-63-43(54)13-6-2)42(53)17-16-40(51)46-19-10-9-14-39(37-38(4)50)45(56)48-21-12-25-59-32-35-62-34-31-58-24-11-20-47-41(52)18-26-60-33-36-61-30-29-57-7-3;1-4-6-8-10-12-14-16-18-20-22-24-26-28-30-32-34-41(45)47-38-36-43(40(3)44)37-39-48-42(46)35-33-31-29-27-25-23-21-19-17-15-13-11-9-7-5-2;1-3-5-7-9-11-13-14-12-10-8-6-4-2;1-3-5-7-9-11-12-10-8-6-4-2/h39,42,45,48,53,56H,5-37H2,1-4H3,(H,46,51)(H,47,52);12-15,18-21H,4-11,16-17,22-39H2,1-3H3;9,11-12,14H,3-8,10,13H2,1-2H3;7,9-10,12H,3-6,8,11H2,1-2H3/b;14-12-,15-13-,20-18-,21-19-;11-9-,14-12-;9-7-,12-10-/t39-,42?,45?;;;/m1.../s1. The largest absolute Gasteiger partial charge is 0.464 e. The average molecular weight is 1960 g/mol. The normalized spacial score (nSPS) is 12.3. The van der Waals surface area contributed by atoms with Crippen LogP contribution in [0.2, 0.25) is 0 Å². The molecule has 0 aliphatic carbocycles. The third kappa shape index (κ3) is 115. The van der Waals surface area contributed by atoms with Gasteiger partial charge in [-0.25, -0.2) is 0 Å². The Labute approximate surface area is 841 Å². The molecule has 0 aromatic heterocycles. The number of carbonyl (C=O) groups is 8. The molecular formula is C113H207N5O20. The van der Waals surface area contributed by atoms with Gasteiger partial charge in [0.15, 0.2) is 0 Å². The number of carbonyl (C=O) groups excluding carboxylic acids is 8. The molecule has 0 saturated heterocycles. The summed E-state index contributed by atoms with van der Waals surface area (Å²) in [6.45, 7) is 31.0. The molecule has 5 N–H and O–H groups in total. The molecule has 3 amide bonds. The third-order valence-electron chi connectivity index (χ3n) is 22.1. The molecule has 3 atom stereocenters. The lowest BCUT2D eigenvalue weighted by atomic mass is 9.94. The highest BCUT2D eigenvalue weighted by molar-refractivity contribution is 5.77. The molecule has 0 rings (SSSR count). The van der Waals surface area contributed by atoms with Crippen LogP contribution in [0.15, 0.2) is 97.2 Å². The van der Waals surface area contributed by atoms with Gasteiger partial charge in [0.05, 0.1) is 72.6 Å². The van der Waals surface area contributed by atoms with Crippen LogP contribution in [-0.4, -0.2) is 231 Å². The van der Waals surface area contributed by atoms with Gasteiger partial charge in [-0.2, -0.15) is 0 Å². The second-order valence-corrected chi connectivity index (χ2v) is 35.2. The SMILES string of the molecule is CCC/C=C\C/C=C\CCCC.CCCC/C=C\C/C=C\CCCCC.CCCCC(=O)OCCN(CCOC(=O)CCC)C(O)CCC(=O)NCCCC[C@H](CC(C)=O)C(O)NCCCOCCOCCOCCCNC(=O)CCOCCOCCOCC.CCCCC/C=C\C/C=C\CCCCCCCC(=O)OCCN(CCOC(=O)CCCCCCC/C=C\C/C=C\CCCCC)C(C)=O. The number of Topliss-reactive ketones (excluding diaryl/α,β-unsaturated/α-hetero) is 1. The first-order valence-corrected chi connectivity index (χ1v) is 54.8. The van der Waals surface area contributed by atoms with Crippen molar-refractivity contribution in [2.45, 2.75) is 422 Å². The first-order chi connectivity index (χ1) is 67.4. The van der Waals surface area contributed by atoms with Crippen LogP contribution in [0.1, 0.15) is 410 Å². The fourth-order valence-corrected chi connectivity index (χ4v) is 13.6. The number of esters is 4. The number of ether oxygens (including phenoxy) is 10. The van der Waals surface area contributed by atoms with Crippen LogP contribution in [-0.2, 0) is 85.7 Å². The highest BCUT2D eigenvalue weighted by Gasteiger charge is 2.22. The van der Waals surface area contributed by atoms with Gasteiger partial charge in [0.25, 0.3) is 0 Å². The number of ketones is 1. The van der Waals surface area contributed by atoms with Crippen molar-refractivity contribution in [3.63, 3.8) is 0 Å². The maximum Gasteiger partial charge on any atom is 0.305 e. The lowest BCUT2D eigenvalue weighted by Gasteiger charge is -2.27. The zero-order chi connectivity index (χ0) is 102. The number of unbranched alkanes of at least 4 members (excludes halogenated alkanes) is 26. The number of rotatable bonds is 98. The molecule has 0 aliphatic rings. The molecule has 0 fully saturated rings. The molecule has 25 nitrogen and oxygen atoms in total. The molecule has 138 heavy (non-hydrogen) atoms. The topological polar surface area (TPSA) is 312 Å². The smallest absolute Gasteiger partial charge is 0.305 e. The van der Waals surface area contributed by atoms with E-state index in [0.717, 1.165) is 89.9 Å². The summed E-state index contributed by atoms with van der Waals surface area (Å²) in [5.41, 5.74) is 0. The first-order valence-electron chi connectivity index (χ1n) is 54.8. The van der Waals surface area contributed by atoms with Gasteiger partial charge < -0.3 is 77.9 Å². The molecule has 0 aromatic rings. The van der Waals surface area contributed by atoms with Crippen molar-refractivity contribution in [1.82, 2.24) is 25.8 Å². The highest BCUT2D eigenvalue weighted by Crippen LogP contribution is 2.19. The lowest BCUT2D eigenvalue weighted by molar-refractivity contribution is -0.148. The van der Waals surface area contributed by atoms with Gasteiger partial charge in [-0.05, 0) is 187 Å². The number of nitrogens with zero attached hydrogens (tertiary/aromatic N) is 2. The van der Waals surface area contributed by atoms with Crippen LogP contribution in [0, 0.1) is 5.92 Å². The summed E-state index contributed by atoms with van der Waals surface area (Å²) in [5.74, 6) is -1.74. The summed E-state index contributed by atoms with van der Waals surface area (Å²) in [5, 5.41) is 30.4. The molecule has 0 bridgehead atoms. The second-order valence-electron chi connectivity index (χ2n) is 35.2. The van der Waals surface area contributed by atoms with Crippen LogP contribution in [0.25, 0.3) is 0 Å². The molecule has 25 heteroatoms. The van der Waals surface area contributed by atoms with Crippen molar-refractivity contribution in [2.24, 2.45) is 5.92 Å². The molecule has 0 saturated carbocycles. The molecule has 0 aliphatic heterocycles. The van der Waals surface area contributed by atoms with Crippen molar-refractivity contribution in [2.75, 3.05) is 152 Å². The van der Waals surface area contributed by atoms with E-state index < -0.39 is 12.5 Å². The van der Waals surface area contributed by atoms with Gasteiger partial charge in [0.2, 0.25) is 17.7 Å². The fourth-order valence-electron chi connectivity index (χ4n) is 13.6. The summed E-state index contributed by atoms with van der Waals surface area (Å²) in [6, 6.07) is 0. The molecule has 0 radical (unpaired) electrons. The molecule has 0 aromatic carbocycles. The van der Waals surface area contributed by atoms with E-state index in [1.807, 2.05) is 20.8 Å². The summed E-state index contributed by atoms with van der Waals surface area (Å²) in [4.78, 5) is 99.5. The summed E-state index contributed by atoms with van der Waals surface area (Å²) < 4.78 is 53.8. The Morgan fingerprint density at radius 3 is 1.02 bits per heavy atom. The fraction of sp³-hybridized carbons (Fsp3) is 0.788. The number of allylic oxidation sites excluding steroid dienone is 16. The van der Waals surface area contributed by atoms with E-state index in [1.54, 1.807) is 9.80 Å². The number of aliphatic hydroxyl groups excluding tert-OH is 2. The first kappa shape index (κ1) is 138. The molecular weight excluding hydrogens is 1750 g/mol. The number of amides is 3. The average Bonchev–Trinajstić information content (AvgIpc) is 0.937. The number of nitrogens with one attached hydrogen (secondary N) is 3. The van der Waals surface area contributed by atoms with E-state index in [1.165, 1.54) is 168 Å². The number of hydrogen-bond donors (Lipinski definition) is 5. The van der Waals surface area contributed by atoms with Gasteiger partial charge in [0.1, 0.15) is 44.7 Å². The van der Waals surface area contributed by atoms with E-state index in [9.17, 15) is 48.6 Å². The maximum absolute atomic E-state index is 12.6. The van der Waals surface area contributed by atoms with Gasteiger partial charge in [0, 0.05) is 104 Å². The van der Waals surface area contributed by atoms with E-state index in [0.29, 0.717) is 183 Å². The predicted octanol–water partition coefficient (Wildman–Crippen LogP) is 23.9. The Kier molecular flexibility index (Phi) is 117. The Balaban J connectivity index is -0.00000105. The number of hydrogen-bond acceptors (Lipinski definition) is 22. The monoisotopic (exact) mass is 1950 g/mol. The minimum absolute atomic E-state index is 0.0114. The van der Waals surface area contributed by atoms with Gasteiger partial charge in [-0.15, -0.1) is 0 Å². The van der Waals surface area contributed by atoms with Gasteiger partial charge in [-0.3, -0.25) is 43.8 Å². The summed E-state index contributed by atoms with van der Waals surface area (Å²) in [7, 11) is 0. The van der Waals surface area contributed by atoms with Crippen molar-refractivity contribution >= 4 is 47.4 Å². The number of aliphatic hydroxyl groups is 2. The van der Waals surface area contributed by atoms with Crippen molar-refractivity contribution in [1.29, 1.82) is 0 Å². The second kappa shape index (κ2) is 117. The Hall–Kier alpha value is -6.52. The van der Waals surface area contributed by atoms with Crippen molar-refractivity contribution in [3.05, 3.63) is 97.2 Å². The zero-order valence-corrected chi connectivity index (χ0v) is 89.6. The molecule has 2 unspecified atom stereocenters. The Morgan fingerprint density at radius 2 is 0.623 bits per heavy atom. The molecule has 0 heterocycles. The van der Waals surface area contributed by atoms with E-state index in [2.05, 4.69) is 155 Å². The molecule has 804 valence electrons. The van der Waals surface area contributed by atoms with Gasteiger partial charge >= 0.3 is 23.9 Å². The highest BCUT2D eigenvalue weighted by atomic mass is 16.6. The maximum atomic E-state index is 12.6. The van der Waals surface area contributed by atoms with Crippen molar-refractivity contribution in [3.8, 4) is 0 Å². The quantitative estimate of drug-likeness (QED) is 0.0124. The lowest BCUT2D eigenvalue weighted by Crippen LogP contribution is -2.41. The van der Waals surface area contributed by atoms with Crippen LogP contribution >= 0.6 is 0 Å². The van der Waals surface area contributed by atoms with Crippen LogP contribution in [0.3, 0.4) is 0 Å². The minimum Gasteiger partial charge on any atom is -0.464 e. The Morgan fingerprint density at radius 1 is 0.283 bits per heavy atom. The van der Waals surface area contributed by atoms with Crippen molar-refractivity contribution < 1.29 is 95.9 Å². The zero-order valence-electron chi connectivity index (χ0n) is 89.6. The molecule has 0 spiro atoms. The Bertz CT molecular complexity index is 2880. The summed E-state index contributed by atoms with van der Waals surface area (Å²) in [6.07, 6.45) is 85.4. The predicted molar refractivity (Wildman–Crippen MR) is 567 cm³/mol. The van der Waals surface area contributed by atoms with E-state index >= 15 is 0 Å². The summed E-state index contributed by atoms with van der Waals surface area (Å²) >= 11 is 0. The van der Waals surface area contributed by atoms with E-state index in [-0.39, 0.29) is 112 Å². The van der Waals surface area contributed by atoms with Crippen LogP contribution < -0.4 is 16.0 Å². The minimum atomic E-state index is -1.00. The third-order valence-corrected chi connectivity index (χ3v) is 22.1. The van der Waals surface area contributed by atoms with Gasteiger partial charge in [-0.1, -0.05) is 275 Å².